The molecule has 2 heterocycles. The lowest BCUT2D eigenvalue weighted by atomic mass is 10.1. The summed E-state index contributed by atoms with van der Waals surface area (Å²) in [6, 6.07) is 2.14. The van der Waals surface area contributed by atoms with Crippen LogP contribution in [0.4, 0.5) is 0 Å². The number of nitrogens with one attached hydrogen (secondary N) is 2. The van der Waals surface area contributed by atoms with Gasteiger partial charge >= 0.3 is 0 Å². The molecule has 68 valence electrons. The van der Waals surface area contributed by atoms with Crippen LogP contribution in [0, 0.1) is 6.92 Å². The molecule has 4 heteroatoms. The molecule has 0 saturated carbocycles. The second-order valence-corrected chi connectivity index (χ2v) is 3.17. The van der Waals surface area contributed by atoms with E-state index in [9.17, 15) is 0 Å². The van der Waals surface area contributed by atoms with E-state index in [0.717, 1.165) is 18.8 Å². The van der Waals surface area contributed by atoms with Crippen molar-refractivity contribution in [2.45, 2.75) is 19.3 Å². The molecule has 1 aliphatic heterocycles. The van der Waals surface area contributed by atoms with Crippen molar-refractivity contribution in [2.75, 3.05) is 13.1 Å². The minimum absolute atomic E-state index is 0. The first-order valence-corrected chi connectivity index (χ1v) is 4.09. The van der Waals surface area contributed by atoms with Crippen LogP contribution in [0.25, 0.3) is 0 Å². The van der Waals surface area contributed by atoms with Crippen molar-refractivity contribution in [1.82, 2.24) is 15.5 Å². The van der Waals surface area contributed by atoms with Gasteiger partial charge in [0.15, 0.2) is 0 Å². The van der Waals surface area contributed by atoms with E-state index in [1.54, 1.807) is 0 Å². The van der Waals surface area contributed by atoms with Gasteiger partial charge in [-0.25, -0.2) is 0 Å². The average Bonchev–Trinajstić information content (AvgIpc) is 2.55. The molecule has 1 fully saturated rings. The number of hydrogen-bond acceptors (Lipinski definition) is 2. The summed E-state index contributed by atoms with van der Waals surface area (Å²) in [6.45, 7) is 4.26. The third kappa shape index (κ3) is 1.79. The van der Waals surface area contributed by atoms with Gasteiger partial charge < -0.3 is 5.32 Å². The maximum atomic E-state index is 4.23. The molecule has 3 nitrogen and oxygen atoms in total. The van der Waals surface area contributed by atoms with Crippen LogP contribution in [0.15, 0.2) is 6.07 Å². The Hall–Kier alpha value is -0.540. The zero-order valence-electron chi connectivity index (χ0n) is 7.13. The first-order valence-electron chi connectivity index (χ1n) is 4.09. The number of aromatic amines is 1. The van der Waals surface area contributed by atoms with Crippen molar-refractivity contribution in [3.8, 4) is 0 Å². The van der Waals surface area contributed by atoms with Crippen molar-refractivity contribution in [2.24, 2.45) is 0 Å². The molecule has 0 radical (unpaired) electrons. The van der Waals surface area contributed by atoms with Crippen LogP contribution in [0.2, 0.25) is 0 Å². The van der Waals surface area contributed by atoms with E-state index in [2.05, 4.69) is 21.6 Å². The second-order valence-electron chi connectivity index (χ2n) is 3.17. The molecule has 1 aromatic heterocycles. The van der Waals surface area contributed by atoms with Gasteiger partial charge in [0.2, 0.25) is 0 Å². The van der Waals surface area contributed by atoms with Gasteiger partial charge in [-0.1, -0.05) is 0 Å². The zero-order chi connectivity index (χ0) is 7.68. The lowest BCUT2D eigenvalue weighted by Crippen LogP contribution is -2.08. The molecule has 0 amide bonds. The molecule has 1 atom stereocenters. The molecule has 2 N–H and O–H groups in total. The predicted octanol–water partition coefficient (Wildman–Crippen LogP) is 1.22. The van der Waals surface area contributed by atoms with Gasteiger partial charge in [0.25, 0.3) is 0 Å². The normalized spacial score (nSPS) is 22.2. The largest absolute Gasteiger partial charge is 0.316 e. The van der Waals surface area contributed by atoms with Crippen molar-refractivity contribution >= 4 is 12.4 Å². The first-order chi connectivity index (χ1) is 5.36. The van der Waals surface area contributed by atoms with E-state index in [-0.39, 0.29) is 12.4 Å². The summed E-state index contributed by atoms with van der Waals surface area (Å²) in [5.41, 5.74) is 2.37. The van der Waals surface area contributed by atoms with E-state index < -0.39 is 0 Å². The summed E-state index contributed by atoms with van der Waals surface area (Å²) in [5, 5.41) is 10.5. The smallest absolute Gasteiger partial charge is 0.0668 e. The Morgan fingerprint density at radius 3 is 2.92 bits per heavy atom. The molecule has 0 bridgehead atoms. The Bertz CT molecular complexity index is 240. The van der Waals surface area contributed by atoms with Gasteiger partial charge in [-0.3, -0.25) is 5.10 Å². The van der Waals surface area contributed by atoms with Crippen molar-refractivity contribution in [1.29, 1.82) is 0 Å². The topological polar surface area (TPSA) is 40.7 Å². The Morgan fingerprint density at radius 2 is 2.42 bits per heavy atom. The molecular weight excluding hydrogens is 174 g/mol. The minimum atomic E-state index is 0. The molecule has 1 unspecified atom stereocenters. The number of hydrogen-bond donors (Lipinski definition) is 2. The van der Waals surface area contributed by atoms with E-state index in [1.807, 2.05) is 6.92 Å². The summed E-state index contributed by atoms with van der Waals surface area (Å²) in [4.78, 5) is 0. The van der Waals surface area contributed by atoms with Crippen LogP contribution in [0.3, 0.4) is 0 Å². The highest BCUT2D eigenvalue weighted by Crippen LogP contribution is 2.20. The van der Waals surface area contributed by atoms with E-state index >= 15 is 0 Å². The number of halogens is 1. The lowest BCUT2D eigenvalue weighted by molar-refractivity contribution is 0.729. The third-order valence-corrected chi connectivity index (χ3v) is 2.20. The lowest BCUT2D eigenvalue weighted by Gasteiger charge is -2.00. The molecule has 2 rings (SSSR count). The Morgan fingerprint density at radius 1 is 1.58 bits per heavy atom. The number of H-pyrrole nitrogens is 1. The maximum Gasteiger partial charge on any atom is 0.0668 e. The van der Waals surface area contributed by atoms with Crippen LogP contribution < -0.4 is 5.32 Å². The highest BCUT2D eigenvalue weighted by atomic mass is 35.5. The second kappa shape index (κ2) is 3.92. The van der Waals surface area contributed by atoms with Gasteiger partial charge in [-0.05, 0) is 26.0 Å². The highest BCUT2D eigenvalue weighted by Gasteiger charge is 2.18. The predicted molar refractivity (Wildman–Crippen MR) is 50.8 cm³/mol. The number of rotatable bonds is 1. The van der Waals surface area contributed by atoms with E-state index in [1.165, 1.54) is 12.1 Å². The fraction of sp³-hybridized carbons (Fsp3) is 0.625. The summed E-state index contributed by atoms with van der Waals surface area (Å²) in [7, 11) is 0. The fourth-order valence-corrected chi connectivity index (χ4v) is 1.56. The van der Waals surface area contributed by atoms with Gasteiger partial charge in [-0.15, -0.1) is 12.4 Å². The molecule has 0 aromatic carbocycles. The van der Waals surface area contributed by atoms with E-state index in [0.29, 0.717) is 5.92 Å². The van der Waals surface area contributed by atoms with Gasteiger partial charge in [0.1, 0.15) is 0 Å². The van der Waals surface area contributed by atoms with Crippen LogP contribution in [0.5, 0.6) is 0 Å². The average molecular weight is 188 g/mol. The molecular formula is C8H14ClN3. The van der Waals surface area contributed by atoms with Gasteiger partial charge in [0, 0.05) is 18.2 Å². The van der Waals surface area contributed by atoms with E-state index in [4.69, 9.17) is 0 Å². The molecule has 1 saturated heterocycles. The molecule has 0 spiro atoms. The SMILES string of the molecule is Cc1cc(C2CCNC2)n[nH]1.Cl. The number of nitrogens with zero attached hydrogens (tertiary/aromatic N) is 1. The zero-order valence-corrected chi connectivity index (χ0v) is 7.95. The summed E-state index contributed by atoms with van der Waals surface area (Å²) >= 11 is 0. The summed E-state index contributed by atoms with van der Waals surface area (Å²) in [6.07, 6.45) is 1.23. The first kappa shape index (κ1) is 9.55. The van der Waals surface area contributed by atoms with Crippen LogP contribution in [-0.2, 0) is 0 Å². The summed E-state index contributed by atoms with van der Waals surface area (Å²) < 4.78 is 0. The number of aromatic nitrogens is 2. The standard InChI is InChI=1S/C8H13N3.ClH/c1-6-4-8(11-10-6)7-2-3-9-5-7;/h4,7,9H,2-3,5H2,1H3,(H,10,11);1H. The van der Waals surface area contributed by atoms with Gasteiger partial charge in [0.05, 0.1) is 5.69 Å². The monoisotopic (exact) mass is 187 g/mol. The third-order valence-electron chi connectivity index (χ3n) is 2.20. The van der Waals surface area contributed by atoms with Crippen LogP contribution in [0.1, 0.15) is 23.7 Å². The minimum Gasteiger partial charge on any atom is -0.316 e. The van der Waals surface area contributed by atoms with Crippen molar-refractivity contribution < 1.29 is 0 Å². The maximum absolute atomic E-state index is 4.23. The summed E-state index contributed by atoms with van der Waals surface area (Å²) in [5.74, 6) is 0.639. The molecule has 12 heavy (non-hydrogen) atoms. The Balaban J connectivity index is 0.000000720. The van der Waals surface area contributed by atoms with Gasteiger partial charge in [-0.2, -0.15) is 5.10 Å². The highest BCUT2D eigenvalue weighted by molar-refractivity contribution is 5.85. The fourth-order valence-electron chi connectivity index (χ4n) is 1.56. The number of aryl methyl sites for hydroxylation is 1. The Kier molecular flexibility index (Phi) is 3.12. The van der Waals surface area contributed by atoms with Crippen molar-refractivity contribution in [3.05, 3.63) is 17.5 Å². The molecule has 0 aliphatic carbocycles. The van der Waals surface area contributed by atoms with Crippen LogP contribution in [-0.4, -0.2) is 23.3 Å². The Labute approximate surface area is 78.4 Å². The van der Waals surface area contributed by atoms with Crippen LogP contribution >= 0.6 is 12.4 Å². The quantitative estimate of drug-likeness (QED) is 0.694. The molecule has 1 aliphatic rings. The molecule has 1 aromatic rings. The van der Waals surface area contributed by atoms with Crippen molar-refractivity contribution in [3.63, 3.8) is 0 Å².